The van der Waals surface area contributed by atoms with Crippen LogP contribution in [0.15, 0.2) is 42.9 Å². The van der Waals surface area contributed by atoms with Crippen molar-refractivity contribution in [2.75, 3.05) is 0 Å². The van der Waals surface area contributed by atoms with Gasteiger partial charge in [0.2, 0.25) is 0 Å². The van der Waals surface area contributed by atoms with Crippen molar-refractivity contribution in [2.45, 2.75) is 13.5 Å². The summed E-state index contributed by atoms with van der Waals surface area (Å²) < 4.78 is 7.08. The summed E-state index contributed by atoms with van der Waals surface area (Å²) in [6.45, 7) is 2.25. The summed E-state index contributed by atoms with van der Waals surface area (Å²) in [5.41, 5.74) is 8.13. The Balaban J connectivity index is 1.80. The summed E-state index contributed by atoms with van der Waals surface area (Å²) in [6, 6.07) is 10.0. The second-order valence-corrected chi connectivity index (χ2v) is 4.38. The predicted molar refractivity (Wildman–Crippen MR) is 76.1 cm³/mol. The molecule has 3 rings (SSSR count). The van der Waals surface area contributed by atoms with Gasteiger partial charge >= 0.3 is 12.0 Å². The standard InChI is InChI=1S/C14H14N6O/c1-10-11(7-15)8-16-13(18-10)21-14-17-9-20(19-14)12-5-3-2-4-6-12/h2-6,8-9H,7,15H2,1H3. The van der Waals surface area contributed by atoms with E-state index in [1.807, 2.05) is 37.3 Å². The minimum Gasteiger partial charge on any atom is -0.387 e. The second-order valence-electron chi connectivity index (χ2n) is 4.38. The highest BCUT2D eigenvalue weighted by Crippen LogP contribution is 2.15. The van der Waals surface area contributed by atoms with Gasteiger partial charge in [0, 0.05) is 24.0 Å². The van der Waals surface area contributed by atoms with Crippen LogP contribution < -0.4 is 10.5 Å². The van der Waals surface area contributed by atoms with Crippen LogP contribution in [0.4, 0.5) is 0 Å². The SMILES string of the molecule is Cc1nc(Oc2ncn(-c3ccccc3)n2)ncc1CN. The van der Waals surface area contributed by atoms with Crippen molar-refractivity contribution >= 4 is 0 Å². The van der Waals surface area contributed by atoms with E-state index >= 15 is 0 Å². The molecule has 3 aromatic rings. The summed E-state index contributed by atoms with van der Waals surface area (Å²) in [6.07, 6.45) is 3.22. The Hall–Kier alpha value is -2.80. The van der Waals surface area contributed by atoms with Gasteiger partial charge in [-0.25, -0.2) is 9.67 Å². The van der Waals surface area contributed by atoms with Crippen molar-refractivity contribution in [1.82, 2.24) is 24.7 Å². The number of nitrogens with two attached hydrogens (primary N) is 1. The number of para-hydroxylation sites is 1. The zero-order valence-corrected chi connectivity index (χ0v) is 11.5. The molecule has 7 nitrogen and oxygen atoms in total. The van der Waals surface area contributed by atoms with Gasteiger partial charge < -0.3 is 10.5 Å². The Morgan fingerprint density at radius 3 is 2.67 bits per heavy atom. The van der Waals surface area contributed by atoms with Gasteiger partial charge in [0.05, 0.1) is 5.69 Å². The average Bonchev–Trinajstić information content (AvgIpc) is 2.97. The normalized spacial score (nSPS) is 10.6. The first-order chi connectivity index (χ1) is 10.3. The van der Waals surface area contributed by atoms with E-state index in [1.54, 1.807) is 17.2 Å². The van der Waals surface area contributed by atoms with Crippen molar-refractivity contribution < 1.29 is 4.74 Å². The molecule has 7 heteroatoms. The van der Waals surface area contributed by atoms with Crippen LogP contribution in [0.1, 0.15) is 11.3 Å². The molecule has 0 unspecified atom stereocenters. The summed E-state index contributed by atoms with van der Waals surface area (Å²) in [4.78, 5) is 12.4. The van der Waals surface area contributed by atoms with Crippen LogP contribution in [0.3, 0.4) is 0 Å². The average molecular weight is 282 g/mol. The van der Waals surface area contributed by atoms with Crippen LogP contribution in [0.25, 0.3) is 5.69 Å². The van der Waals surface area contributed by atoms with Crippen LogP contribution in [0.5, 0.6) is 12.0 Å². The van der Waals surface area contributed by atoms with E-state index in [0.29, 0.717) is 6.54 Å². The molecule has 0 saturated heterocycles. The lowest BCUT2D eigenvalue weighted by atomic mass is 10.2. The van der Waals surface area contributed by atoms with E-state index < -0.39 is 0 Å². The second kappa shape index (κ2) is 5.68. The zero-order valence-electron chi connectivity index (χ0n) is 11.5. The van der Waals surface area contributed by atoms with Crippen LogP contribution in [0.2, 0.25) is 0 Å². The maximum Gasteiger partial charge on any atom is 0.343 e. The van der Waals surface area contributed by atoms with Crippen LogP contribution in [-0.4, -0.2) is 24.7 Å². The number of aromatic nitrogens is 5. The van der Waals surface area contributed by atoms with Gasteiger partial charge in [-0.3, -0.25) is 0 Å². The number of rotatable bonds is 4. The molecule has 0 fully saturated rings. The molecule has 21 heavy (non-hydrogen) atoms. The molecule has 0 atom stereocenters. The largest absolute Gasteiger partial charge is 0.387 e. The lowest BCUT2D eigenvalue weighted by Crippen LogP contribution is -2.04. The summed E-state index contributed by atoms with van der Waals surface area (Å²) in [5.74, 6) is 0. The number of hydrogen-bond donors (Lipinski definition) is 1. The monoisotopic (exact) mass is 282 g/mol. The zero-order chi connectivity index (χ0) is 14.7. The highest BCUT2D eigenvalue weighted by atomic mass is 16.5. The smallest absolute Gasteiger partial charge is 0.343 e. The van der Waals surface area contributed by atoms with Crippen molar-refractivity contribution in [2.24, 2.45) is 5.73 Å². The van der Waals surface area contributed by atoms with Crippen molar-refractivity contribution in [3.8, 4) is 17.7 Å². The van der Waals surface area contributed by atoms with E-state index in [-0.39, 0.29) is 12.0 Å². The molecule has 0 amide bonds. The molecule has 0 aliphatic carbocycles. The van der Waals surface area contributed by atoms with Gasteiger partial charge in [0.15, 0.2) is 0 Å². The van der Waals surface area contributed by atoms with E-state index in [1.165, 1.54) is 0 Å². The Kier molecular flexibility index (Phi) is 3.57. The maximum atomic E-state index is 5.57. The third-order valence-corrected chi connectivity index (χ3v) is 2.95. The third kappa shape index (κ3) is 2.87. The minimum absolute atomic E-state index is 0.193. The molecule has 0 aliphatic rings. The fourth-order valence-electron chi connectivity index (χ4n) is 1.80. The Bertz CT molecular complexity index is 740. The Morgan fingerprint density at radius 1 is 1.14 bits per heavy atom. The summed E-state index contributed by atoms with van der Waals surface area (Å²) in [7, 11) is 0. The topological polar surface area (TPSA) is 91.7 Å². The molecule has 1 aromatic carbocycles. The van der Waals surface area contributed by atoms with Crippen molar-refractivity contribution in [1.29, 1.82) is 0 Å². The van der Waals surface area contributed by atoms with Crippen molar-refractivity contribution in [3.05, 3.63) is 54.1 Å². The van der Waals surface area contributed by atoms with Gasteiger partial charge in [0.1, 0.15) is 6.33 Å². The van der Waals surface area contributed by atoms with Gasteiger partial charge in [-0.1, -0.05) is 18.2 Å². The van der Waals surface area contributed by atoms with E-state index in [0.717, 1.165) is 16.9 Å². The van der Waals surface area contributed by atoms with E-state index in [9.17, 15) is 0 Å². The molecular weight excluding hydrogens is 268 g/mol. The molecule has 0 aliphatic heterocycles. The number of nitrogens with zero attached hydrogens (tertiary/aromatic N) is 5. The lowest BCUT2D eigenvalue weighted by molar-refractivity contribution is 0.405. The van der Waals surface area contributed by atoms with Gasteiger partial charge in [-0.2, -0.15) is 9.97 Å². The minimum atomic E-state index is 0.193. The lowest BCUT2D eigenvalue weighted by Gasteiger charge is -2.03. The van der Waals surface area contributed by atoms with Crippen LogP contribution in [-0.2, 0) is 6.54 Å². The highest BCUT2D eigenvalue weighted by Gasteiger charge is 2.08. The molecule has 0 spiro atoms. The fraction of sp³-hybridized carbons (Fsp3) is 0.143. The summed E-state index contributed by atoms with van der Waals surface area (Å²) >= 11 is 0. The predicted octanol–water partition coefficient (Wildman–Crippen LogP) is 1.62. The molecule has 2 aromatic heterocycles. The van der Waals surface area contributed by atoms with E-state index in [4.69, 9.17) is 10.5 Å². The quantitative estimate of drug-likeness (QED) is 0.781. The molecule has 106 valence electrons. The van der Waals surface area contributed by atoms with Crippen molar-refractivity contribution in [3.63, 3.8) is 0 Å². The number of benzene rings is 1. The fourth-order valence-corrected chi connectivity index (χ4v) is 1.80. The van der Waals surface area contributed by atoms with Gasteiger partial charge in [-0.15, -0.1) is 5.10 Å². The van der Waals surface area contributed by atoms with E-state index in [2.05, 4.69) is 20.1 Å². The maximum absolute atomic E-state index is 5.57. The first-order valence-electron chi connectivity index (χ1n) is 6.44. The Morgan fingerprint density at radius 2 is 1.95 bits per heavy atom. The number of ether oxygens (including phenoxy) is 1. The van der Waals surface area contributed by atoms with Gasteiger partial charge in [0.25, 0.3) is 0 Å². The van der Waals surface area contributed by atoms with Crippen LogP contribution >= 0.6 is 0 Å². The summed E-state index contributed by atoms with van der Waals surface area (Å²) in [5, 5.41) is 4.23. The third-order valence-electron chi connectivity index (χ3n) is 2.95. The van der Waals surface area contributed by atoms with Crippen LogP contribution in [0, 0.1) is 6.92 Å². The molecule has 2 N–H and O–H groups in total. The molecule has 0 bridgehead atoms. The Labute approximate surface area is 121 Å². The first-order valence-corrected chi connectivity index (χ1v) is 6.44. The molecule has 0 saturated carbocycles. The number of hydrogen-bond acceptors (Lipinski definition) is 6. The highest BCUT2D eigenvalue weighted by molar-refractivity contribution is 5.29. The molecule has 0 radical (unpaired) electrons. The number of aryl methyl sites for hydroxylation is 1. The first kappa shape index (κ1) is 13.2. The van der Waals surface area contributed by atoms with Gasteiger partial charge in [-0.05, 0) is 19.1 Å². The molecule has 2 heterocycles. The molecular formula is C14H14N6O.